The summed E-state index contributed by atoms with van der Waals surface area (Å²) in [5, 5.41) is 0.475. The molecule has 4 rings (SSSR count). The Balaban J connectivity index is 1.59. The van der Waals surface area contributed by atoms with Crippen molar-refractivity contribution in [2.45, 2.75) is 44.3 Å². The fraction of sp³-hybridized carbons (Fsp3) is 0.364. The summed E-state index contributed by atoms with van der Waals surface area (Å²) in [7, 11) is 1.74. The highest BCUT2D eigenvalue weighted by atomic mass is 32.1. The molecule has 0 atom stereocenters. The molecule has 0 N–H and O–H groups in total. The first kappa shape index (κ1) is 20.7. The normalized spacial score (nSPS) is 19.9. The molecule has 8 heteroatoms. The van der Waals surface area contributed by atoms with Gasteiger partial charge >= 0.3 is 6.18 Å². The van der Waals surface area contributed by atoms with Gasteiger partial charge in [0.15, 0.2) is 5.11 Å². The Morgan fingerprint density at radius 1 is 1.13 bits per heavy atom. The lowest BCUT2D eigenvalue weighted by atomic mass is 9.94. The monoisotopic (exact) mass is 434 g/mol. The molecule has 2 fully saturated rings. The van der Waals surface area contributed by atoms with E-state index in [2.05, 4.69) is 0 Å². The number of benzene rings is 1. The van der Waals surface area contributed by atoms with Gasteiger partial charge < -0.3 is 9.32 Å². The second-order valence-electron chi connectivity index (χ2n) is 7.62. The van der Waals surface area contributed by atoms with Crippen LogP contribution in [0.2, 0.25) is 0 Å². The molecule has 0 spiro atoms. The number of thiocarbonyl (C=S) groups is 1. The maximum atomic E-state index is 13.0. The Kier molecular flexibility index (Phi) is 5.44. The van der Waals surface area contributed by atoms with Crippen LogP contribution in [0.5, 0.6) is 0 Å². The molecular formula is C22H21F3N2O2S. The van der Waals surface area contributed by atoms with E-state index in [1.54, 1.807) is 41.1 Å². The van der Waals surface area contributed by atoms with Crippen LogP contribution in [0.1, 0.15) is 43.4 Å². The lowest BCUT2D eigenvalue weighted by molar-refractivity contribution is -0.137. The summed E-state index contributed by atoms with van der Waals surface area (Å²) in [6.45, 7) is 0. The van der Waals surface area contributed by atoms with E-state index in [-0.39, 0.29) is 11.9 Å². The number of furan rings is 1. The van der Waals surface area contributed by atoms with Crippen LogP contribution in [-0.2, 0) is 11.0 Å². The number of hydrogen-bond donors (Lipinski definition) is 0. The van der Waals surface area contributed by atoms with Gasteiger partial charge in [0.1, 0.15) is 17.2 Å². The van der Waals surface area contributed by atoms with Gasteiger partial charge in [-0.25, -0.2) is 0 Å². The molecule has 1 aromatic carbocycles. The summed E-state index contributed by atoms with van der Waals surface area (Å²) in [5.74, 6) is 0.519. The number of carbonyl (C=O) groups excluding carboxylic acids is 1. The van der Waals surface area contributed by atoms with E-state index < -0.39 is 11.7 Å². The van der Waals surface area contributed by atoms with E-state index >= 15 is 0 Å². The summed E-state index contributed by atoms with van der Waals surface area (Å²) < 4.78 is 44.6. The molecule has 1 aromatic heterocycles. The predicted octanol–water partition coefficient (Wildman–Crippen LogP) is 5.70. The maximum absolute atomic E-state index is 13.0. The van der Waals surface area contributed by atoms with E-state index in [4.69, 9.17) is 16.6 Å². The molecule has 2 aromatic rings. The summed E-state index contributed by atoms with van der Waals surface area (Å²) in [5.41, 5.74) is -0.0223. The third-order valence-corrected chi connectivity index (χ3v) is 6.08. The number of rotatable bonds is 3. The van der Waals surface area contributed by atoms with Gasteiger partial charge in [0, 0.05) is 24.7 Å². The first-order chi connectivity index (χ1) is 14.3. The zero-order chi connectivity index (χ0) is 21.5. The highest BCUT2D eigenvalue weighted by Gasteiger charge is 2.40. The van der Waals surface area contributed by atoms with Crippen molar-refractivity contribution in [2.75, 3.05) is 7.05 Å². The van der Waals surface area contributed by atoms with Crippen LogP contribution in [0.4, 0.5) is 13.2 Å². The van der Waals surface area contributed by atoms with Crippen molar-refractivity contribution < 1.29 is 22.4 Å². The van der Waals surface area contributed by atoms with E-state index in [0.29, 0.717) is 27.9 Å². The van der Waals surface area contributed by atoms with Crippen LogP contribution >= 0.6 is 12.2 Å². The SMILES string of the molecule is CN1C(=S)N(C2CCCCC2)C(=O)/C1=C/c1ccc(-c2cccc(C(F)(F)F)c2)o1. The van der Waals surface area contributed by atoms with Crippen LogP contribution in [-0.4, -0.2) is 33.9 Å². The van der Waals surface area contributed by atoms with Crippen molar-refractivity contribution in [3.8, 4) is 11.3 Å². The first-order valence-electron chi connectivity index (χ1n) is 9.86. The van der Waals surface area contributed by atoms with Gasteiger partial charge in [-0.1, -0.05) is 31.4 Å². The molecule has 1 saturated heterocycles. The number of hydrogen-bond acceptors (Lipinski definition) is 3. The highest BCUT2D eigenvalue weighted by molar-refractivity contribution is 7.80. The van der Waals surface area contributed by atoms with Crippen molar-refractivity contribution in [2.24, 2.45) is 0 Å². The first-order valence-corrected chi connectivity index (χ1v) is 10.3. The summed E-state index contributed by atoms with van der Waals surface area (Å²) in [6.07, 6.45) is 2.38. The number of halogens is 3. The molecule has 1 amide bonds. The molecule has 1 aliphatic carbocycles. The quantitative estimate of drug-likeness (QED) is 0.459. The van der Waals surface area contributed by atoms with Gasteiger partial charge in [-0.2, -0.15) is 13.2 Å². The molecule has 0 radical (unpaired) electrons. The maximum Gasteiger partial charge on any atom is 0.416 e. The summed E-state index contributed by atoms with van der Waals surface area (Å²) in [6, 6.07) is 8.30. The van der Waals surface area contributed by atoms with Gasteiger partial charge in [0.05, 0.1) is 5.56 Å². The molecule has 0 bridgehead atoms. The van der Waals surface area contributed by atoms with Crippen molar-refractivity contribution in [1.82, 2.24) is 9.80 Å². The van der Waals surface area contributed by atoms with E-state index in [1.807, 2.05) is 0 Å². The molecule has 4 nitrogen and oxygen atoms in total. The zero-order valence-corrected chi connectivity index (χ0v) is 17.2. The van der Waals surface area contributed by atoms with E-state index in [1.165, 1.54) is 12.5 Å². The summed E-state index contributed by atoms with van der Waals surface area (Å²) >= 11 is 5.50. The van der Waals surface area contributed by atoms with Crippen LogP contribution in [0.25, 0.3) is 17.4 Å². The average Bonchev–Trinajstić information content (AvgIpc) is 3.27. The minimum Gasteiger partial charge on any atom is -0.457 e. The van der Waals surface area contributed by atoms with Crippen LogP contribution in [0, 0.1) is 0 Å². The number of likely N-dealkylation sites (N-methyl/N-ethyl adjacent to an activating group) is 1. The van der Waals surface area contributed by atoms with Gasteiger partial charge in [0.2, 0.25) is 0 Å². The number of amides is 1. The lowest BCUT2D eigenvalue weighted by Gasteiger charge is -2.30. The fourth-order valence-corrected chi connectivity index (χ4v) is 4.34. The van der Waals surface area contributed by atoms with E-state index in [0.717, 1.165) is 37.8 Å². The molecule has 1 aliphatic heterocycles. The van der Waals surface area contributed by atoms with Gasteiger partial charge in [-0.3, -0.25) is 9.69 Å². The van der Waals surface area contributed by atoms with Crippen molar-refractivity contribution in [3.63, 3.8) is 0 Å². The van der Waals surface area contributed by atoms with Gasteiger partial charge in [0.25, 0.3) is 5.91 Å². The second kappa shape index (κ2) is 7.91. The predicted molar refractivity (Wildman–Crippen MR) is 111 cm³/mol. The van der Waals surface area contributed by atoms with Crippen molar-refractivity contribution >= 4 is 29.3 Å². The second-order valence-corrected chi connectivity index (χ2v) is 7.98. The number of alkyl halides is 3. The molecule has 30 heavy (non-hydrogen) atoms. The zero-order valence-electron chi connectivity index (χ0n) is 16.4. The molecule has 158 valence electrons. The average molecular weight is 434 g/mol. The van der Waals surface area contributed by atoms with Crippen molar-refractivity contribution in [3.05, 3.63) is 53.4 Å². The Hall–Kier alpha value is -2.61. The minimum absolute atomic E-state index is 0.115. The van der Waals surface area contributed by atoms with Gasteiger partial charge in [-0.15, -0.1) is 0 Å². The van der Waals surface area contributed by atoms with Crippen LogP contribution < -0.4 is 0 Å². The Morgan fingerprint density at radius 2 is 1.87 bits per heavy atom. The lowest BCUT2D eigenvalue weighted by Crippen LogP contribution is -2.41. The Labute approximate surface area is 177 Å². The molecule has 2 heterocycles. The molecular weight excluding hydrogens is 413 g/mol. The van der Waals surface area contributed by atoms with Crippen molar-refractivity contribution in [1.29, 1.82) is 0 Å². The molecule has 0 unspecified atom stereocenters. The topological polar surface area (TPSA) is 36.7 Å². The third kappa shape index (κ3) is 3.88. The molecule has 1 saturated carbocycles. The number of nitrogens with zero attached hydrogens (tertiary/aromatic N) is 2. The fourth-order valence-electron chi connectivity index (χ4n) is 4.01. The largest absolute Gasteiger partial charge is 0.457 e. The van der Waals surface area contributed by atoms with Crippen LogP contribution in [0.3, 0.4) is 0 Å². The highest BCUT2D eigenvalue weighted by Crippen LogP contribution is 2.34. The van der Waals surface area contributed by atoms with Gasteiger partial charge in [-0.05, 0) is 49.3 Å². The Bertz CT molecular complexity index is 1010. The smallest absolute Gasteiger partial charge is 0.416 e. The van der Waals surface area contributed by atoms with E-state index in [9.17, 15) is 18.0 Å². The standard InChI is InChI=1S/C22H21F3N2O2S/c1-26-18(20(28)27(21(26)30)16-8-3-2-4-9-16)13-17-10-11-19(29-17)14-6-5-7-15(12-14)22(23,24)25/h5-7,10-13,16H,2-4,8-9H2,1H3/b18-13-. The Morgan fingerprint density at radius 3 is 2.57 bits per heavy atom. The number of carbonyl (C=O) groups is 1. The molecule has 2 aliphatic rings. The summed E-state index contributed by atoms with van der Waals surface area (Å²) in [4.78, 5) is 16.4. The minimum atomic E-state index is -4.43. The van der Waals surface area contributed by atoms with Crippen LogP contribution in [0.15, 0.2) is 46.5 Å². The third-order valence-electron chi connectivity index (χ3n) is 5.61.